The summed E-state index contributed by atoms with van der Waals surface area (Å²) in [5.74, 6) is 2.95. The van der Waals surface area contributed by atoms with Crippen LogP contribution in [0.4, 0.5) is 5.82 Å². The Morgan fingerprint density at radius 2 is 2.24 bits per heavy atom. The van der Waals surface area contributed by atoms with Crippen LogP contribution in [0.5, 0.6) is 0 Å². The molecule has 3 heterocycles. The molecular formula is C15H22N6. The highest BCUT2D eigenvalue weighted by molar-refractivity contribution is 5.49. The summed E-state index contributed by atoms with van der Waals surface area (Å²) in [5.41, 5.74) is 2.41. The molecule has 1 N–H and O–H groups in total. The van der Waals surface area contributed by atoms with Gasteiger partial charge in [0.1, 0.15) is 17.5 Å². The Hall–Kier alpha value is -1.95. The number of aryl methyl sites for hydroxylation is 2. The first-order valence-corrected chi connectivity index (χ1v) is 7.47. The third-order valence-corrected chi connectivity index (χ3v) is 3.91. The van der Waals surface area contributed by atoms with Crippen LogP contribution in [0.15, 0.2) is 12.4 Å². The number of nitrogens with one attached hydrogen (secondary N) is 1. The van der Waals surface area contributed by atoms with Crippen LogP contribution in [0, 0.1) is 6.92 Å². The van der Waals surface area contributed by atoms with E-state index in [1.54, 1.807) is 0 Å². The van der Waals surface area contributed by atoms with Crippen LogP contribution < -0.4 is 10.2 Å². The number of hydrogen-bond acceptors (Lipinski definition) is 5. The van der Waals surface area contributed by atoms with Crippen molar-refractivity contribution in [1.29, 1.82) is 0 Å². The van der Waals surface area contributed by atoms with Crippen molar-refractivity contribution in [3.05, 3.63) is 35.3 Å². The second-order valence-corrected chi connectivity index (χ2v) is 5.43. The predicted molar refractivity (Wildman–Crippen MR) is 82.2 cm³/mol. The fourth-order valence-electron chi connectivity index (χ4n) is 2.84. The summed E-state index contributed by atoms with van der Waals surface area (Å²) in [5, 5.41) is 3.37. The topological polar surface area (TPSA) is 58.9 Å². The molecule has 1 aliphatic rings. The molecule has 2 aromatic rings. The van der Waals surface area contributed by atoms with E-state index in [-0.39, 0.29) is 0 Å². The first-order chi connectivity index (χ1) is 10.2. The zero-order chi connectivity index (χ0) is 14.8. The Kier molecular flexibility index (Phi) is 3.88. The third-order valence-electron chi connectivity index (χ3n) is 3.91. The number of aromatic nitrogens is 4. The summed E-state index contributed by atoms with van der Waals surface area (Å²) >= 11 is 0. The Labute approximate surface area is 125 Å². The molecule has 2 aromatic heterocycles. The lowest BCUT2D eigenvalue weighted by Crippen LogP contribution is -2.29. The summed E-state index contributed by atoms with van der Waals surface area (Å²) < 4.78 is 2.17. The predicted octanol–water partition coefficient (Wildman–Crippen LogP) is 1.28. The molecule has 0 saturated carbocycles. The third kappa shape index (κ3) is 2.76. The summed E-state index contributed by atoms with van der Waals surface area (Å²) in [6, 6.07) is 0. The molecule has 6 heteroatoms. The molecular weight excluding hydrogens is 264 g/mol. The summed E-state index contributed by atoms with van der Waals surface area (Å²) in [7, 11) is 2.08. The molecule has 0 spiro atoms. The van der Waals surface area contributed by atoms with E-state index >= 15 is 0 Å². The average molecular weight is 286 g/mol. The normalized spacial score (nSPS) is 14.0. The van der Waals surface area contributed by atoms with E-state index in [1.807, 2.05) is 19.3 Å². The van der Waals surface area contributed by atoms with E-state index in [0.29, 0.717) is 0 Å². The fourth-order valence-corrected chi connectivity index (χ4v) is 2.84. The van der Waals surface area contributed by atoms with Gasteiger partial charge >= 0.3 is 0 Å². The van der Waals surface area contributed by atoms with Gasteiger partial charge in [0.05, 0.1) is 12.2 Å². The van der Waals surface area contributed by atoms with Crippen molar-refractivity contribution in [2.75, 3.05) is 18.5 Å². The molecule has 0 atom stereocenters. The van der Waals surface area contributed by atoms with Crippen LogP contribution in [0.25, 0.3) is 0 Å². The first-order valence-electron chi connectivity index (χ1n) is 7.47. The van der Waals surface area contributed by atoms with Gasteiger partial charge in [-0.1, -0.05) is 0 Å². The Balaban J connectivity index is 1.91. The highest BCUT2D eigenvalue weighted by Crippen LogP contribution is 2.23. The van der Waals surface area contributed by atoms with Gasteiger partial charge in [0.15, 0.2) is 0 Å². The maximum atomic E-state index is 4.67. The van der Waals surface area contributed by atoms with E-state index in [9.17, 15) is 0 Å². The molecule has 0 aliphatic carbocycles. The van der Waals surface area contributed by atoms with Crippen molar-refractivity contribution < 1.29 is 0 Å². The van der Waals surface area contributed by atoms with E-state index in [0.717, 1.165) is 55.8 Å². The zero-order valence-electron chi connectivity index (χ0n) is 12.9. The number of imidazole rings is 1. The first kappa shape index (κ1) is 14.0. The highest BCUT2D eigenvalue weighted by atomic mass is 15.2. The maximum Gasteiger partial charge on any atom is 0.136 e. The van der Waals surface area contributed by atoms with Crippen molar-refractivity contribution >= 4 is 5.82 Å². The van der Waals surface area contributed by atoms with Gasteiger partial charge in [0, 0.05) is 38.1 Å². The van der Waals surface area contributed by atoms with Gasteiger partial charge in [-0.3, -0.25) is 0 Å². The minimum absolute atomic E-state index is 0.761. The van der Waals surface area contributed by atoms with E-state index < -0.39 is 0 Å². The summed E-state index contributed by atoms with van der Waals surface area (Å²) in [4.78, 5) is 15.9. The van der Waals surface area contributed by atoms with Crippen molar-refractivity contribution in [3.8, 4) is 0 Å². The van der Waals surface area contributed by atoms with Crippen LogP contribution >= 0.6 is 0 Å². The number of anilines is 1. The molecule has 0 amide bonds. The molecule has 0 unspecified atom stereocenters. The maximum absolute atomic E-state index is 4.67. The van der Waals surface area contributed by atoms with Gasteiger partial charge in [-0.2, -0.15) is 0 Å². The molecule has 0 saturated heterocycles. The van der Waals surface area contributed by atoms with Gasteiger partial charge in [0.2, 0.25) is 0 Å². The second-order valence-electron chi connectivity index (χ2n) is 5.43. The minimum Gasteiger partial charge on any atom is -0.352 e. The lowest BCUT2D eigenvalue weighted by molar-refractivity contribution is 0.614. The number of fused-ring (bicyclic) bond motifs is 1. The van der Waals surface area contributed by atoms with Crippen molar-refractivity contribution in [2.45, 2.75) is 39.9 Å². The molecule has 6 nitrogen and oxygen atoms in total. The second kappa shape index (κ2) is 5.81. The summed E-state index contributed by atoms with van der Waals surface area (Å²) in [6.07, 6.45) is 4.86. The molecule has 1 aliphatic heterocycles. The van der Waals surface area contributed by atoms with E-state index in [1.165, 1.54) is 5.56 Å². The highest BCUT2D eigenvalue weighted by Gasteiger charge is 2.19. The molecule has 0 aromatic carbocycles. The van der Waals surface area contributed by atoms with Gasteiger partial charge in [-0.15, -0.1) is 0 Å². The van der Waals surface area contributed by atoms with Gasteiger partial charge < -0.3 is 14.8 Å². The average Bonchev–Trinajstić information content (AvgIpc) is 2.93. The Bertz CT molecular complexity index is 633. The van der Waals surface area contributed by atoms with Gasteiger partial charge in [0.25, 0.3) is 0 Å². The van der Waals surface area contributed by atoms with E-state index in [2.05, 4.69) is 43.7 Å². The van der Waals surface area contributed by atoms with Crippen molar-refractivity contribution in [2.24, 2.45) is 0 Å². The van der Waals surface area contributed by atoms with Crippen LogP contribution in [0.2, 0.25) is 0 Å². The lowest BCUT2D eigenvalue weighted by Gasteiger charge is -2.25. The quantitative estimate of drug-likeness (QED) is 0.917. The van der Waals surface area contributed by atoms with Crippen LogP contribution in [-0.4, -0.2) is 33.1 Å². The smallest absolute Gasteiger partial charge is 0.136 e. The Morgan fingerprint density at radius 1 is 1.38 bits per heavy atom. The number of nitrogens with zero attached hydrogens (tertiary/aromatic N) is 5. The number of hydrogen-bond donors (Lipinski definition) is 1. The van der Waals surface area contributed by atoms with E-state index in [4.69, 9.17) is 0 Å². The SMILES string of the molecule is CCn1ccnc1CN(C)c1nc(C)nc2c1CCNC2. The van der Waals surface area contributed by atoms with Crippen LogP contribution in [0.1, 0.15) is 29.8 Å². The standard InChI is InChI=1S/C15H22N6/c1-4-21-8-7-17-14(21)10-20(3)15-12-5-6-16-9-13(12)18-11(2)19-15/h7-8,16H,4-6,9-10H2,1-3H3. The molecule has 0 bridgehead atoms. The largest absolute Gasteiger partial charge is 0.352 e. The van der Waals surface area contributed by atoms with Crippen molar-refractivity contribution in [1.82, 2.24) is 24.8 Å². The lowest BCUT2D eigenvalue weighted by atomic mass is 10.1. The zero-order valence-corrected chi connectivity index (χ0v) is 12.9. The number of rotatable bonds is 4. The molecule has 21 heavy (non-hydrogen) atoms. The molecule has 112 valence electrons. The fraction of sp³-hybridized carbons (Fsp3) is 0.533. The monoisotopic (exact) mass is 286 g/mol. The molecule has 0 fully saturated rings. The van der Waals surface area contributed by atoms with Crippen LogP contribution in [0.3, 0.4) is 0 Å². The van der Waals surface area contributed by atoms with Gasteiger partial charge in [-0.25, -0.2) is 15.0 Å². The molecule has 0 radical (unpaired) electrons. The van der Waals surface area contributed by atoms with Gasteiger partial charge in [-0.05, 0) is 26.8 Å². The van der Waals surface area contributed by atoms with Crippen LogP contribution in [-0.2, 0) is 26.1 Å². The van der Waals surface area contributed by atoms with Crippen molar-refractivity contribution in [3.63, 3.8) is 0 Å². The minimum atomic E-state index is 0.761. The Morgan fingerprint density at radius 3 is 3.05 bits per heavy atom. The summed E-state index contributed by atoms with van der Waals surface area (Å²) in [6.45, 7) is 7.62. The molecule has 3 rings (SSSR count).